The van der Waals surface area contributed by atoms with E-state index in [9.17, 15) is 9.90 Å². The summed E-state index contributed by atoms with van der Waals surface area (Å²) < 4.78 is 0. The molecule has 2 aliphatic carbocycles. The summed E-state index contributed by atoms with van der Waals surface area (Å²) >= 11 is 0. The number of hydrogen-bond donors (Lipinski definition) is 1. The van der Waals surface area contributed by atoms with E-state index in [2.05, 4.69) is 69.9 Å². The van der Waals surface area contributed by atoms with Crippen LogP contribution >= 0.6 is 0 Å². The molecule has 0 bridgehead atoms. The normalized spacial score (nSPS) is 22.5. The third-order valence-corrected chi connectivity index (χ3v) is 9.01. The second kappa shape index (κ2) is 12.0. The zero-order valence-electron chi connectivity index (χ0n) is 22.9. The van der Waals surface area contributed by atoms with Gasteiger partial charge in [0.15, 0.2) is 5.78 Å². The molecular weight excluding hydrogens is 635 g/mol. The Morgan fingerprint density at radius 1 is 1.00 bits per heavy atom. The number of ketones is 1. The molecule has 1 N–H and O–H groups in total. The fourth-order valence-electron chi connectivity index (χ4n) is 5.97. The largest absolute Gasteiger partial charge is 0.511 e. The Bertz CT molecular complexity index is 1250. The van der Waals surface area contributed by atoms with Crippen LogP contribution in [-0.2, 0) is 24.9 Å². The first-order valence-electron chi connectivity index (χ1n) is 13.6. The van der Waals surface area contributed by atoms with Crippen LogP contribution in [0.1, 0.15) is 78.2 Å². The Kier molecular flexibility index (Phi) is 9.53. The van der Waals surface area contributed by atoms with Gasteiger partial charge in [-0.2, -0.15) is 0 Å². The van der Waals surface area contributed by atoms with Crippen molar-refractivity contribution in [3.05, 3.63) is 77.7 Å². The standard InChI is InChI=1S/C17H28O2.C16H12N.Ir/c1-5-16(4)10-8-12-9-11-17(6-2,7-3)15(19)13(12)14(16)18;1-12-6-8-14(9-7-12)16-15-5-3-2-4-13(15)10-11-17-16;/h12,19H,5-11H2,1-4H3;2-8,10-11H,1H3;/q;-1;/t12?,16-;;/m0../s1. The Morgan fingerprint density at radius 2 is 1.70 bits per heavy atom. The molecule has 1 aromatic heterocycles. The van der Waals surface area contributed by atoms with Gasteiger partial charge in [0.2, 0.25) is 0 Å². The minimum Gasteiger partial charge on any atom is -0.511 e. The average molecular weight is 675 g/mol. The van der Waals surface area contributed by atoms with Gasteiger partial charge >= 0.3 is 0 Å². The molecule has 199 valence electrons. The topological polar surface area (TPSA) is 50.2 Å². The fraction of sp³-hybridized carbons (Fsp3) is 0.455. The van der Waals surface area contributed by atoms with Crippen molar-refractivity contribution >= 4 is 16.6 Å². The van der Waals surface area contributed by atoms with Crippen LogP contribution in [0.3, 0.4) is 0 Å². The van der Waals surface area contributed by atoms with E-state index in [-0.39, 0.29) is 36.7 Å². The first-order chi connectivity index (χ1) is 17.3. The number of hydrogen-bond acceptors (Lipinski definition) is 3. The number of pyridine rings is 1. The molecule has 1 fully saturated rings. The molecular formula is C33H40IrNO2-. The van der Waals surface area contributed by atoms with Gasteiger partial charge in [-0.3, -0.25) is 4.79 Å². The Labute approximate surface area is 236 Å². The van der Waals surface area contributed by atoms with Crippen LogP contribution in [0.2, 0.25) is 0 Å². The van der Waals surface area contributed by atoms with Crippen LogP contribution in [0, 0.1) is 29.7 Å². The van der Waals surface area contributed by atoms with Gasteiger partial charge in [-0.1, -0.05) is 58.9 Å². The molecule has 5 rings (SSSR count). The maximum absolute atomic E-state index is 12.8. The van der Waals surface area contributed by atoms with E-state index in [1.165, 1.54) is 16.3 Å². The maximum Gasteiger partial charge on any atom is 0.168 e. The van der Waals surface area contributed by atoms with Crippen molar-refractivity contribution in [2.75, 3.05) is 0 Å². The number of rotatable bonds is 4. The quantitative estimate of drug-likeness (QED) is 0.282. The molecule has 0 amide bonds. The zero-order chi connectivity index (χ0) is 25.9. The molecule has 1 radical (unpaired) electrons. The van der Waals surface area contributed by atoms with Gasteiger partial charge in [0.1, 0.15) is 5.76 Å². The number of benzene rings is 2. The summed E-state index contributed by atoms with van der Waals surface area (Å²) in [5.74, 6) is 0.992. The number of aliphatic hydroxyl groups is 1. The fourth-order valence-corrected chi connectivity index (χ4v) is 5.97. The summed E-state index contributed by atoms with van der Waals surface area (Å²) in [5, 5.41) is 13.2. The molecule has 2 aromatic carbocycles. The number of allylic oxidation sites excluding steroid dienone is 2. The van der Waals surface area contributed by atoms with Gasteiger partial charge in [-0.25, -0.2) is 0 Å². The number of aryl methyl sites for hydroxylation is 1. The second-order valence-electron chi connectivity index (χ2n) is 10.9. The number of aromatic nitrogens is 1. The molecule has 3 aromatic rings. The predicted octanol–water partition coefficient (Wildman–Crippen LogP) is 8.80. The predicted molar refractivity (Wildman–Crippen MR) is 149 cm³/mol. The molecule has 4 heteroatoms. The molecule has 2 atom stereocenters. The van der Waals surface area contributed by atoms with Gasteiger partial charge < -0.3 is 10.1 Å². The van der Waals surface area contributed by atoms with Crippen molar-refractivity contribution in [1.82, 2.24) is 4.98 Å². The first kappa shape index (κ1) is 29.3. The van der Waals surface area contributed by atoms with E-state index >= 15 is 0 Å². The summed E-state index contributed by atoms with van der Waals surface area (Å²) in [5.41, 5.74) is 3.69. The Morgan fingerprint density at radius 3 is 2.35 bits per heavy atom. The first-order valence-corrected chi connectivity index (χ1v) is 13.6. The van der Waals surface area contributed by atoms with Crippen molar-refractivity contribution in [3.63, 3.8) is 0 Å². The number of fused-ring (bicyclic) bond motifs is 2. The van der Waals surface area contributed by atoms with Crippen LogP contribution in [0.15, 0.2) is 66.1 Å². The molecule has 2 aliphatic rings. The third-order valence-electron chi connectivity index (χ3n) is 9.01. The van der Waals surface area contributed by atoms with E-state index in [0.29, 0.717) is 11.7 Å². The third kappa shape index (κ3) is 5.61. The van der Waals surface area contributed by atoms with E-state index < -0.39 is 0 Å². The minimum atomic E-state index is -0.246. The van der Waals surface area contributed by atoms with Crippen LogP contribution in [0.5, 0.6) is 0 Å². The van der Waals surface area contributed by atoms with Crippen LogP contribution in [0.25, 0.3) is 22.0 Å². The molecule has 0 spiro atoms. The van der Waals surface area contributed by atoms with E-state index in [1.807, 2.05) is 30.5 Å². The molecule has 1 heterocycles. The zero-order valence-corrected chi connectivity index (χ0v) is 25.3. The van der Waals surface area contributed by atoms with Crippen LogP contribution in [-0.4, -0.2) is 15.9 Å². The molecule has 0 saturated heterocycles. The Hall–Kier alpha value is -2.29. The van der Waals surface area contributed by atoms with Gasteiger partial charge in [0.05, 0.1) is 0 Å². The smallest absolute Gasteiger partial charge is 0.168 e. The van der Waals surface area contributed by atoms with Gasteiger partial charge in [0.25, 0.3) is 0 Å². The van der Waals surface area contributed by atoms with Crippen LogP contribution in [0.4, 0.5) is 0 Å². The van der Waals surface area contributed by atoms with Gasteiger partial charge in [-0.05, 0) is 73.4 Å². The van der Waals surface area contributed by atoms with E-state index in [1.54, 1.807) is 0 Å². The average Bonchev–Trinajstić information content (AvgIpc) is 2.92. The van der Waals surface area contributed by atoms with Gasteiger partial charge in [0, 0.05) is 42.7 Å². The second-order valence-corrected chi connectivity index (χ2v) is 10.9. The van der Waals surface area contributed by atoms with E-state index in [0.717, 1.165) is 61.8 Å². The van der Waals surface area contributed by atoms with Crippen molar-refractivity contribution in [2.24, 2.45) is 16.7 Å². The van der Waals surface area contributed by atoms with Crippen molar-refractivity contribution in [1.29, 1.82) is 0 Å². The van der Waals surface area contributed by atoms with Crippen molar-refractivity contribution < 1.29 is 30.0 Å². The number of nitrogens with zero attached hydrogens (tertiary/aromatic N) is 1. The summed E-state index contributed by atoms with van der Waals surface area (Å²) in [6, 6.07) is 19.8. The molecule has 1 unspecified atom stereocenters. The van der Waals surface area contributed by atoms with Gasteiger partial charge in [-0.15, -0.1) is 35.4 Å². The molecule has 0 aliphatic heterocycles. The molecule has 3 nitrogen and oxygen atoms in total. The molecule has 1 saturated carbocycles. The van der Waals surface area contributed by atoms with Crippen LogP contribution < -0.4 is 0 Å². The number of aliphatic hydroxyl groups excluding tert-OH is 1. The number of Topliss-reactive ketones (excluding diaryl/α,β-unsaturated/α-hetero) is 1. The van der Waals surface area contributed by atoms with Crippen molar-refractivity contribution in [3.8, 4) is 11.3 Å². The molecule has 37 heavy (non-hydrogen) atoms. The number of carbonyl (C=O) groups is 1. The SMILES string of the molecule is CCC1(CC)CCC2CC[C@](C)(CC)C(=O)C2=C1O.Cc1c[c-]c(-c2nccc3ccccc23)cc1.[Ir]. The number of carbonyl (C=O) groups excluding carboxylic acids is 1. The maximum atomic E-state index is 12.8. The summed E-state index contributed by atoms with van der Waals surface area (Å²) in [6.07, 6.45) is 8.76. The summed E-state index contributed by atoms with van der Waals surface area (Å²) in [7, 11) is 0. The van der Waals surface area contributed by atoms with Crippen molar-refractivity contribution in [2.45, 2.75) is 79.6 Å². The monoisotopic (exact) mass is 675 g/mol. The Balaban J connectivity index is 0.000000201. The summed E-state index contributed by atoms with van der Waals surface area (Å²) in [6.45, 7) is 10.5. The minimum absolute atomic E-state index is 0. The van der Waals surface area contributed by atoms with E-state index in [4.69, 9.17) is 0 Å². The summed E-state index contributed by atoms with van der Waals surface area (Å²) in [4.78, 5) is 17.3.